The van der Waals surface area contributed by atoms with Crippen molar-refractivity contribution in [3.63, 3.8) is 0 Å². The molecule has 0 fully saturated rings. The molecular formula is C23H28FN5O. The molecule has 0 atom stereocenters. The smallest absolute Gasteiger partial charge is 0.190 e. The van der Waals surface area contributed by atoms with Crippen LogP contribution in [0.25, 0.3) is 5.69 Å². The zero-order valence-corrected chi connectivity index (χ0v) is 17.7. The van der Waals surface area contributed by atoms with E-state index in [-0.39, 0.29) is 5.82 Å². The highest BCUT2D eigenvalue weighted by atomic mass is 19.1. The standard InChI is InChI=1S/C23H28FN5O/c1-17-4-5-18(16-22(17)30-3)10-13-26-23(25-2)27-14-11-20-12-15-29(28-20)21-8-6-19(24)7-9-21/h4-9,12,15-16H,10-11,13-14H2,1-3H3,(H2,25,26,27). The number of benzene rings is 2. The number of aliphatic imine (C=N–C) groups is 1. The first-order valence-corrected chi connectivity index (χ1v) is 9.97. The van der Waals surface area contributed by atoms with Crippen molar-refractivity contribution in [1.82, 2.24) is 20.4 Å². The van der Waals surface area contributed by atoms with Crippen LogP contribution < -0.4 is 15.4 Å². The van der Waals surface area contributed by atoms with Gasteiger partial charge in [0.1, 0.15) is 11.6 Å². The molecule has 0 aliphatic heterocycles. The largest absolute Gasteiger partial charge is 0.496 e. The highest BCUT2D eigenvalue weighted by Crippen LogP contribution is 2.19. The summed E-state index contributed by atoms with van der Waals surface area (Å²) in [5.74, 6) is 1.41. The molecule has 0 aliphatic carbocycles. The van der Waals surface area contributed by atoms with Gasteiger partial charge in [-0.25, -0.2) is 9.07 Å². The van der Waals surface area contributed by atoms with Crippen molar-refractivity contribution in [3.05, 3.63) is 77.4 Å². The average molecular weight is 410 g/mol. The van der Waals surface area contributed by atoms with Crippen LogP contribution in [-0.2, 0) is 12.8 Å². The van der Waals surface area contributed by atoms with Gasteiger partial charge in [-0.3, -0.25) is 4.99 Å². The maximum atomic E-state index is 13.1. The monoisotopic (exact) mass is 409 g/mol. The zero-order chi connectivity index (χ0) is 21.3. The molecule has 1 heterocycles. The van der Waals surface area contributed by atoms with Crippen LogP contribution in [0.3, 0.4) is 0 Å². The molecule has 3 rings (SSSR count). The summed E-state index contributed by atoms with van der Waals surface area (Å²) >= 11 is 0. The maximum Gasteiger partial charge on any atom is 0.190 e. The second-order valence-corrected chi connectivity index (χ2v) is 6.96. The Morgan fingerprint density at radius 2 is 1.80 bits per heavy atom. The van der Waals surface area contributed by atoms with E-state index in [0.717, 1.165) is 48.0 Å². The number of guanidine groups is 1. The summed E-state index contributed by atoms with van der Waals surface area (Å²) < 4.78 is 20.2. The first-order valence-electron chi connectivity index (χ1n) is 9.97. The average Bonchev–Trinajstić information content (AvgIpc) is 3.23. The van der Waals surface area contributed by atoms with Gasteiger partial charge in [0.15, 0.2) is 5.96 Å². The molecule has 1 aromatic heterocycles. The number of ether oxygens (including phenoxy) is 1. The molecule has 0 saturated carbocycles. The number of rotatable bonds is 8. The van der Waals surface area contributed by atoms with E-state index in [2.05, 4.69) is 38.9 Å². The molecule has 158 valence electrons. The van der Waals surface area contributed by atoms with E-state index in [9.17, 15) is 4.39 Å². The van der Waals surface area contributed by atoms with Crippen molar-refractivity contribution in [2.75, 3.05) is 27.2 Å². The van der Waals surface area contributed by atoms with Crippen LogP contribution in [0, 0.1) is 12.7 Å². The Balaban J connectivity index is 1.43. The summed E-state index contributed by atoms with van der Waals surface area (Å²) in [7, 11) is 3.45. The Bertz CT molecular complexity index is 982. The summed E-state index contributed by atoms with van der Waals surface area (Å²) in [4.78, 5) is 4.27. The molecule has 30 heavy (non-hydrogen) atoms. The van der Waals surface area contributed by atoms with Crippen molar-refractivity contribution < 1.29 is 9.13 Å². The minimum atomic E-state index is -0.254. The van der Waals surface area contributed by atoms with Gasteiger partial charge in [0.05, 0.1) is 18.5 Å². The summed E-state index contributed by atoms with van der Waals surface area (Å²) in [6, 6.07) is 14.5. The first-order chi connectivity index (χ1) is 14.6. The fourth-order valence-corrected chi connectivity index (χ4v) is 3.11. The molecule has 0 spiro atoms. The second-order valence-electron chi connectivity index (χ2n) is 6.96. The number of methoxy groups -OCH3 is 1. The number of nitrogens with one attached hydrogen (secondary N) is 2. The van der Waals surface area contributed by atoms with E-state index in [4.69, 9.17) is 4.74 Å². The van der Waals surface area contributed by atoms with Gasteiger partial charge in [-0.2, -0.15) is 5.10 Å². The van der Waals surface area contributed by atoms with Gasteiger partial charge in [-0.05, 0) is 60.9 Å². The predicted molar refractivity (Wildman–Crippen MR) is 118 cm³/mol. The van der Waals surface area contributed by atoms with E-state index in [1.807, 2.05) is 19.2 Å². The maximum absolute atomic E-state index is 13.1. The van der Waals surface area contributed by atoms with E-state index in [1.54, 1.807) is 31.0 Å². The van der Waals surface area contributed by atoms with Crippen molar-refractivity contribution in [2.24, 2.45) is 4.99 Å². The van der Waals surface area contributed by atoms with Crippen LogP contribution in [-0.4, -0.2) is 43.0 Å². The Morgan fingerprint density at radius 3 is 2.50 bits per heavy atom. The normalized spacial score (nSPS) is 11.4. The Kier molecular flexibility index (Phi) is 7.43. The molecule has 7 heteroatoms. The highest BCUT2D eigenvalue weighted by Gasteiger charge is 2.04. The van der Waals surface area contributed by atoms with Crippen LogP contribution >= 0.6 is 0 Å². The summed E-state index contributed by atoms with van der Waals surface area (Å²) in [6.07, 6.45) is 3.51. The number of hydrogen-bond acceptors (Lipinski definition) is 3. The number of hydrogen-bond donors (Lipinski definition) is 2. The van der Waals surface area contributed by atoms with Crippen molar-refractivity contribution in [1.29, 1.82) is 0 Å². The van der Waals surface area contributed by atoms with Crippen molar-refractivity contribution >= 4 is 5.96 Å². The first kappa shape index (κ1) is 21.4. The Morgan fingerprint density at radius 1 is 1.07 bits per heavy atom. The van der Waals surface area contributed by atoms with E-state index < -0.39 is 0 Å². The minimum absolute atomic E-state index is 0.254. The number of aromatic nitrogens is 2. The third-order valence-corrected chi connectivity index (χ3v) is 4.81. The lowest BCUT2D eigenvalue weighted by atomic mass is 10.1. The molecule has 0 radical (unpaired) electrons. The van der Waals surface area contributed by atoms with Crippen molar-refractivity contribution in [3.8, 4) is 11.4 Å². The zero-order valence-electron chi connectivity index (χ0n) is 17.7. The highest BCUT2D eigenvalue weighted by molar-refractivity contribution is 5.79. The molecule has 0 saturated heterocycles. The van der Waals surface area contributed by atoms with Gasteiger partial charge >= 0.3 is 0 Å². The van der Waals surface area contributed by atoms with Gasteiger partial charge in [0, 0.05) is 32.8 Å². The molecule has 3 aromatic rings. The molecule has 0 unspecified atom stereocenters. The van der Waals surface area contributed by atoms with E-state index >= 15 is 0 Å². The van der Waals surface area contributed by atoms with E-state index in [1.165, 1.54) is 17.7 Å². The van der Waals surface area contributed by atoms with Crippen LogP contribution in [0.5, 0.6) is 5.75 Å². The van der Waals surface area contributed by atoms with Crippen molar-refractivity contribution in [2.45, 2.75) is 19.8 Å². The van der Waals surface area contributed by atoms with Gasteiger partial charge in [0.2, 0.25) is 0 Å². The van der Waals surface area contributed by atoms with Crippen LogP contribution in [0.2, 0.25) is 0 Å². The fourth-order valence-electron chi connectivity index (χ4n) is 3.11. The predicted octanol–water partition coefficient (Wildman–Crippen LogP) is 3.28. The Hall–Kier alpha value is -3.35. The van der Waals surface area contributed by atoms with Gasteiger partial charge in [0.25, 0.3) is 0 Å². The summed E-state index contributed by atoms with van der Waals surface area (Å²) in [5.41, 5.74) is 4.13. The SMILES string of the molecule is CN=C(NCCc1ccc(C)c(OC)c1)NCCc1ccn(-c2ccc(F)cc2)n1. The van der Waals surface area contributed by atoms with Gasteiger partial charge < -0.3 is 15.4 Å². The second kappa shape index (κ2) is 10.4. The topological polar surface area (TPSA) is 63.5 Å². The third-order valence-electron chi connectivity index (χ3n) is 4.81. The number of halogens is 1. The van der Waals surface area contributed by atoms with Crippen LogP contribution in [0.1, 0.15) is 16.8 Å². The van der Waals surface area contributed by atoms with Crippen LogP contribution in [0.15, 0.2) is 59.7 Å². The fraction of sp³-hybridized carbons (Fsp3) is 0.304. The molecule has 2 N–H and O–H groups in total. The molecule has 0 bridgehead atoms. The lowest BCUT2D eigenvalue weighted by Gasteiger charge is -2.12. The Labute approximate surface area is 176 Å². The quantitative estimate of drug-likeness (QED) is 0.443. The van der Waals surface area contributed by atoms with Gasteiger partial charge in [-0.15, -0.1) is 0 Å². The molecule has 0 amide bonds. The molecule has 6 nitrogen and oxygen atoms in total. The lowest BCUT2D eigenvalue weighted by Crippen LogP contribution is -2.39. The third kappa shape index (κ3) is 5.83. The van der Waals surface area contributed by atoms with E-state index in [0.29, 0.717) is 6.54 Å². The number of aryl methyl sites for hydroxylation is 1. The summed E-state index contributed by atoms with van der Waals surface area (Å²) in [5, 5.41) is 11.2. The molecule has 2 aromatic carbocycles. The number of nitrogens with zero attached hydrogens (tertiary/aromatic N) is 3. The summed E-state index contributed by atoms with van der Waals surface area (Å²) in [6.45, 7) is 3.51. The lowest BCUT2D eigenvalue weighted by molar-refractivity contribution is 0.411. The van der Waals surface area contributed by atoms with Crippen LogP contribution in [0.4, 0.5) is 4.39 Å². The van der Waals surface area contributed by atoms with Gasteiger partial charge in [-0.1, -0.05) is 12.1 Å². The molecular weight excluding hydrogens is 381 g/mol. The molecule has 0 aliphatic rings. The minimum Gasteiger partial charge on any atom is -0.496 e.